The summed E-state index contributed by atoms with van der Waals surface area (Å²) < 4.78 is 0. The molecule has 0 aromatic carbocycles. The quantitative estimate of drug-likeness (QED) is 0.529. The number of pyridine rings is 1. The van der Waals surface area contributed by atoms with Gasteiger partial charge in [-0.15, -0.1) is 5.23 Å². The molecule has 1 aromatic heterocycles. The lowest BCUT2D eigenvalue weighted by atomic mass is 10.2. The van der Waals surface area contributed by atoms with Crippen LogP contribution in [0, 0.1) is 18.3 Å². The summed E-state index contributed by atoms with van der Waals surface area (Å²) in [5, 5.41) is 25.9. The Labute approximate surface area is 79.3 Å². The Morgan fingerprint density at radius 2 is 2.23 bits per heavy atom. The van der Waals surface area contributed by atoms with E-state index in [9.17, 15) is 0 Å². The minimum Gasteiger partial charge on any atom is -0.264 e. The van der Waals surface area contributed by atoms with Crippen LogP contribution >= 0.6 is 11.6 Å². The van der Waals surface area contributed by atoms with Crippen molar-refractivity contribution < 1.29 is 10.4 Å². The van der Waals surface area contributed by atoms with Crippen LogP contribution < -0.4 is 5.23 Å². The van der Waals surface area contributed by atoms with Crippen LogP contribution in [-0.4, -0.2) is 15.4 Å². The van der Waals surface area contributed by atoms with Gasteiger partial charge in [-0.25, -0.2) is 4.98 Å². The Morgan fingerprint density at radius 1 is 1.62 bits per heavy atom. The van der Waals surface area contributed by atoms with Crippen LogP contribution in [0.3, 0.4) is 0 Å². The number of aryl methyl sites for hydroxylation is 1. The fourth-order valence-corrected chi connectivity index (χ4v) is 1.07. The van der Waals surface area contributed by atoms with Crippen LogP contribution in [0.15, 0.2) is 6.07 Å². The summed E-state index contributed by atoms with van der Waals surface area (Å²) in [7, 11) is 0. The topological polar surface area (TPSA) is 80.4 Å². The second kappa shape index (κ2) is 3.58. The lowest BCUT2D eigenvalue weighted by molar-refractivity contribution is 0.0286. The maximum atomic E-state index is 8.71. The van der Waals surface area contributed by atoms with Crippen LogP contribution in [0.2, 0.25) is 5.15 Å². The molecular weight excluding hydrogens is 194 g/mol. The molecule has 0 aliphatic heterocycles. The van der Waals surface area contributed by atoms with Crippen molar-refractivity contribution in [1.82, 2.24) is 4.98 Å². The number of nitriles is 1. The Kier molecular flexibility index (Phi) is 2.68. The minimum absolute atomic E-state index is 0.0287. The standard InChI is InChI=1S/C7H6ClN3O2/c1-4-6(11(12)13)2-5(3-9)7(8)10-4/h2,12-13H,1H3. The third-order valence-corrected chi connectivity index (χ3v) is 1.76. The number of anilines is 1. The van der Waals surface area contributed by atoms with Crippen molar-refractivity contribution in [2.75, 3.05) is 5.23 Å². The molecule has 0 aliphatic carbocycles. The molecule has 68 valence electrons. The smallest absolute Gasteiger partial charge is 0.147 e. The van der Waals surface area contributed by atoms with E-state index in [1.165, 1.54) is 6.07 Å². The predicted octanol–water partition coefficient (Wildman–Crippen LogP) is 1.50. The second-order valence-electron chi connectivity index (χ2n) is 2.33. The van der Waals surface area contributed by atoms with Gasteiger partial charge in [-0.1, -0.05) is 11.6 Å². The Balaban J connectivity index is 3.33. The average molecular weight is 200 g/mol. The van der Waals surface area contributed by atoms with Crippen LogP contribution in [0.4, 0.5) is 5.69 Å². The van der Waals surface area contributed by atoms with Crippen molar-refractivity contribution in [2.24, 2.45) is 0 Å². The largest absolute Gasteiger partial charge is 0.264 e. The van der Waals surface area contributed by atoms with E-state index in [0.717, 1.165) is 0 Å². The first-order valence-corrected chi connectivity index (χ1v) is 3.69. The molecule has 0 amide bonds. The van der Waals surface area contributed by atoms with Crippen LogP contribution in [0.5, 0.6) is 0 Å². The number of halogens is 1. The molecule has 6 heteroatoms. The fourth-order valence-electron chi connectivity index (χ4n) is 0.846. The van der Waals surface area contributed by atoms with Crippen molar-refractivity contribution >= 4 is 17.3 Å². The zero-order chi connectivity index (χ0) is 10.0. The molecule has 1 aromatic rings. The highest BCUT2D eigenvalue weighted by Gasteiger charge is 2.10. The van der Waals surface area contributed by atoms with Gasteiger partial charge in [0.05, 0.1) is 11.3 Å². The summed E-state index contributed by atoms with van der Waals surface area (Å²) >= 11 is 5.59. The van der Waals surface area contributed by atoms with Gasteiger partial charge in [0.2, 0.25) is 0 Å². The van der Waals surface area contributed by atoms with Crippen LogP contribution in [0.1, 0.15) is 11.3 Å². The third kappa shape index (κ3) is 1.87. The molecule has 0 saturated heterocycles. The highest BCUT2D eigenvalue weighted by atomic mass is 35.5. The molecule has 0 atom stereocenters. The zero-order valence-electron chi connectivity index (χ0n) is 6.69. The van der Waals surface area contributed by atoms with Gasteiger partial charge < -0.3 is 0 Å². The van der Waals surface area contributed by atoms with E-state index >= 15 is 0 Å². The van der Waals surface area contributed by atoms with Gasteiger partial charge in [-0.05, 0) is 13.0 Å². The van der Waals surface area contributed by atoms with Gasteiger partial charge in [0, 0.05) is 0 Å². The van der Waals surface area contributed by atoms with Crippen molar-refractivity contribution in [3.8, 4) is 6.07 Å². The molecule has 1 rings (SSSR count). The van der Waals surface area contributed by atoms with E-state index in [2.05, 4.69) is 4.98 Å². The molecule has 0 bridgehead atoms. The van der Waals surface area contributed by atoms with Gasteiger partial charge in [0.15, 0.2) is 0 Å². The molecule has 0 fully saturated rings. The highest BCUT2D eigenvalue weighted by molar-refractivity contribution is 6.30. The molecule has 0 radical (unpaired) electrons. The number of hydrogen-bond donors (Lipinski definition) is 2. The predicted molar refractivity (Wildman–Crippen MR) is 44.8 cm³/mol. The Bertz CT molecular complexity index is 373. The molecule has 2 N–H and O–H groups in total. The molecule has 0 aliphatic rings. The van der Waals surface area contributed by atoms with E-state index in [0.29, 0.717) is 5.69 Å². The highest BCUT2D eigenvalue weighted by Crippen LogP contribution is 2.22. The maximum absolute atomic E-state index is 8.71. The van der Waals surface area contributed by atoms with E-state index in [1.54, 1.807) is 13.0 Å². The first-order valence-electron chi connectivity index (χ1n) is 3.31. The van der Waals surface area contributed by atoms with Gasteiger partial charge in [0.25, 0.3) is 0 Å². The van der Waals surface area contributed by atoms with Crippen molar-refractivity contribution in [2.45, 2.75) is 6.92 Å². The fraction of sp³-hybridized carbons (Fsp3) is 0.143. The summed E-state index contributed by atoms with van der Waals surface area (Å²) in [6.45, 7) is 1.54. The molecule has 0 spiro atoms. The third-order valence-electron chi connectivity index (χ3n) is 1.48. The molecule has 0 saturated carbocycles. The molecule has 1 heterocycles. The van der Waals surface area contributed by atoms with Crippen molar-refractivity contribution in [3.63, 3.8) is 0 Å². The van der Waals surface area contributed by atoms with Gasteiger partial charge in [-0.3, -0.25) is 10.4 Å². The first kappa shape index (κ1) is 9.74. The maximum Gasteiger partial charge on any atom is 0.147 e. The van der Waals surface area contributed by atoms with Gasteiger partial charge in [-0.2, -0.15) is 5.26 Å². The van der Waals surface area contributed by atoms with Crippen LogP contribution in [0.25, 0.3) is 0 Å². The molecular formula is C7H6ClN3O2. The minimum atomic E-state index is -0.0977. The lowest BCUT2D eigenvalue weighted by Crippen LogP contribution is -2.13. The number of aromatic nitrogens is 1. The van der Waals surface area contributed by atoms with Gasteiger partial charge in [0.1, 0.15) is 16.9 Å². The van der Waals surface area contributed by atoms with Crippen molar-refractivity contribution in [1.29, 1.82) is 5.26 Å². The summed E-state index contributed by atoms with van der Waals surface area (Å²) in [5.74, 6) is 0. The summed E-state index contributed by atoms with van der Waals surface area (Å²) in [5.41, 5.74) is 0.449. The molecule has 13 heavy (non-hydrogen) atoms. The lowest BCUT2D eigenvalue weighted by Gasteiger charge is -2.10. The average Bonchev–Trinajstić information content (AvgIpc) is 2.03. The number of hydrogen-bond acceptors (Lipinski definition) is 5. The Morgan fingerprint density at radius 3 is 2.69 bits per heavy atom. The normalized spacial score (nSPS) is 9.46. The van der Waals surface area contributed by atoms with Crippen molar-refractivity contribution in [3.05, 3.63) is 22.5 Å². The Hall–Kier alpha value is -1.35. The SMILES string of the molecule is Cc1nc(Cl)c(C#N)cc1N(O)O. The number of nitrogens with zero attached hydrogens (tertiary/aromatic N) is 3. The second-order valence-corrected chi connectivity index (χ2v) is 2.69. The van der Waals surface area contributed by atoms with E-state index in [4.69, 9.17) is 27.3 Å². The molecule has 5 nitrogen and oxygen atoms in total. The summed E-state index contributed by atoms with van der Waals surface area (Å²) in [4.78, 5) is 3.75. The van der Waals surface area contributed by atoms with E-state index in [-0.39, 0.29) is 21.6 Å². The summed E-state index contributed by atoms with van der Waals surface area (Å²) in [6, 6.07) is 3.02. The van der Waals surface area contributed by atoms with Gasteiger partial charge >= 0.3 is 0 Å². The monoisotopic (exact) mass is 199 g/mol. The first-order chi connectivity index (χ1) is 6.06. The van der Waals surface area contributed by atoms with E-state index < -0.39 is 0 Å². The van der Waals surface area contributed by atoms with Crippen LogP contribution in [-0.2, 0) is 0 Å². The van der Waals surface area contributed by atoms with E-state index in [1.807, 2.05) is 0 Å². The summed E-state index contributed by atoms with van der Waals surface area (Å²) in [6.07, 6.45) is 0. The number of rotatable bonds is 1. The zero-order valence-corrected chi connectivity index (χ0v) is 7.45. The molecule has 0 unspecified atom stereocenters.